The third-order valence-corrected chi connectivity index (χ3v) is 10.2. The summed E-state index contributed by atoms with van der Waals surface area (Å²) in [5.74, 6) is 3.84. The molecule has 0 spiro atoms. The van der Waals surface area contributed by atoms with Crippen LogP contribution in [0.15, 0.2) is 36.0 Å². The lowest BCUT2D eigenvalue weighted by molar-refractivity contribution is -0.0456. The van der Waals surface area contributed by atoms with Crippen LogP contribution in [0.3, 0.4) is 0 Å². The molecule has 0 heterocycles. The van der Waals surface area contributed by atoms with Crippen molar-refractivity contribution in [2.75, 3.05) is 0 Å². The van der Waals surface area contributed by atoms with Gasteiger partial charge in [0.25, 0.3) is 0 Å². The zero-order valence-electron chi connectivity index (χ0n) is 19.5. The number of hydrogen-bond donors (Lipinski definition) is 1. The molecule has 0 bridgehead atoms. The van der Waals surface area contributed by atoms with Crippen LogP contribution in [0.25, 0.3) is 0 Å². The maximum Gasteiger partial charge on any atom is 0.0577 e. The van der Waals surface area contributed by atoms with E-state index < -0.39 is 0 Å². The van der Waals surface area contributed by atoms with Crippen molar-refractivity contribution in [2.45, 2.75) is 98.0 Å². The van der Waals surface area contributed by atoms with E-state index >= 15 is 0 Å². The van der Waals surface area contributed by atoms with Crippen molar-refractivity contribution in [1.82, 2.24) is 0 Å². The summed E-state index contributed by atoms with van der Waals surface area (Å²) in [6.45, 7) is 18.6. The second-order valence-electron chi connectivity index (χ2n) is 11.8. The molecular formula is C28H44O. The molecule has 0 radical (unpaired) electrons. The molecule has 7 unspecified atom stereocenters. The standard InChI is InChI=1S/C28H44O/c1-18(2)19(3)7-8-20(4)24-11-12-25-23-10-9-21-17-22(29)13-15-27(21,5)26(23)14-16-28(24,25)6/h9,18,22-26,29H,3-4,7-8,10-17H2,1-2,5-6H3. The Morgan fingerprint density at radius 3 is 2.55 bits per heavy atom. The molecular weight excluding hydrogens is 352 g/mol. The van der Waals surface area contributed by atoms with Gasteiger partial charge in [-0.3, -0.25) is 0 Å². The summed E-state index contributed by atoms with van der Waals surface area (Å²) in [6.07, 6.45) is 14.6. The predicted molar refractivity (Wildman–Crippen MR) is 124 cm³/mol. The monoisotopic (exact) mass is 396 g/mol. The molecule has 29 heavy (non-hydrogen) atoms. The summed E-state index contributed by atoms with van der Waals surface area (Å²) >= 11 is 0. The SMILES string of the molecule is C=C(CCC(=C)C1CCC2C3CC=C4CC(O)CCC4(C)C3CCC12C)C(C)C. The number of fused-ring (bicyclic) bond motifs is 5. The number of aliphatic hydroxyl groups excluding tert-OH is 1. The van der Waals surface area contributed by atoms with Crippen molar-refractivity contribution < 1.29 is 5.11 Å². The zero-order valence-corrected chi connectivity index (χ0v) is 19.5. The fraction of sp³-hybridized carbons (Fsp3) is 0.786. The van der Waals surface area contributed by atoms with Gasteiger partial charge in [-0.15, -0.1) is 0 Å². The second-order valence-corrected chi connectivity index (χ2v) is 11.8. The molecule has 0 amide bonds. The fourth-order valence-corrected chi connectivity index (χ4v) is 8.10. The first kappa shape index (κ1) is 21.4. The highest BCUT2D eigenvalue weighted by Gasteiger charge is 2.58. The van der Waals surface area contributed by atoms with Gasteiger partial charge in [0.05, 0.1) is 6.10 Å². The fourth-order valence-electron chi connectivity index (χ4n) is 8.10. The average Bonchev–Trinajstić information content (AvgIpc) is 3.03. The number of rotatable bonds is 5. The van der Waals surface area contributed by atoms with Crippen LogP contribution in [0.1, 0.15) is 91.9 Å². The predicted octanol–water partition coefficient (Wildman–Crippen LogP) is 7.47. The smallest absolute Gasteiger partial charge is 0.0577 e. The molecule has 162 valence electrons. The second kappa shape index (κ2) is 7.70. The maximum absolute atomic E-state index is 10.2. The van der Waals surface area contributed by atoms with Crippen molar-refractivity contribution >= 4 is 0 Å². The molecule has 4 rings (SSSR count). The number of hydrogen-bond acceptors (Lipinski definition) is 1. The summed E-state index contributed by atoms with van der Waals surface area (Å²) in [6, 6.07) is 0. The minimum absolute atomic E-state index is 0.0977. The Hall–Kier alpha value is -0.820. The van der Waals surface area contributed by atoms with Gasteiger partial charge in [-0.1, -0.05) is 63.6 Å². The van der Waals surface area contributed by atoms with Gasteiger partial charge < -0.3 is 5.11 Å². The molecule has 4 aliphatic carbocycles. The molecule has 3 fully saturated rings. The van der Waals surface area contributed by atoms with Gasteiger partial charge in [0.15, 0.2) is 0 Å². The van der Waals surface area contributed by atoms with E-state index in [2.05, 4.69) is 46.9 Å². The van der Waals surface area contributed by atoms with Crippen LogP contribution in [0.4, 0.5) is 0 Å². The Morgan fingerprint density at radius 1 is 1.07 bits per heavy atom. The highest BCUT2D eigenvalue weighted by Crippen LogP contribution is 2.67. The molecule has 0 aliphatic heterocycles. The van der Waals surface area contributed by atoms with Crippen LogP contribution < -0.4 is 0 Å². The van der Waals surface area contributed by atoms with E-state index in [1.807, 2.05) is 0 Å². The van der Waals surface area contributed by atoms with E-state index in [0.717, 1.165) is 43.4 Å². The van der Waals surface area contributed by atoms with Crippen LogP contribution >= 0.6 is 0 Å². The van der Waals surface area contributed by atoms with Crippen molar-refractivity contribution in [3.8, 4) is 0 Å². The first-order chi connectivity index (χ1) is 13.7. The molecule has 0 aromatic heterocycles. The van der Waals surface area contributed by atoms with Gasteiger partial charge in [0, 0.05) is 0 Å². The first-order valence-electron chi connectivity index (χ1n) is 12.4. The Bertz CT molecular complexity index is 699. The Morgan fingerprint density at radius 2 is 1.83 bits per heavy atom. The minimum Gasteiger partial charge on any atom is -0.393 e. The van der Waals surface area contributed by atoms with Crippen molar-refractivity contribution in [2.24, 2.45) is 40.4 Å². The van der Waals surface area contributed by atoms with Crippen molar-refractivity contribution in [1.29, 1.82) is 0 Å². The lowest BCUT2D eigenvalue weighted by Gasteiger charge is -2.58. The van der Waals surface area contributed by atoms with Crippen LogP contribution in [0.5, 0.6) is 0 Å². The Balaban J connectivity index is 1.50. The van der Waals surface area contributed by atoms with Gasteiger partial charge in [-0.2, -0.15) is 0 Å². The van der Waals surface area contributed by atoms with Crippen LogP contribution in [0, 0.1) is 40.4 Å². The lowest BCUT2D eigenvalue weighted by Crippen LogP contribution is -2.50. The lowest BCUT2D eigenvalue weighted by atomic mass is 9.47. The summed E-state index contributed by atoms with van der Waals surface area (Å²) < 4.78 is 0. The van der Waals surface area contributed by atoms with E-state index in [4.69, 9.17) is 0 Å². The summed E-state index contributed by atoms with van der Waals surface area (Å²) in [4.78, 5) is 0. The van der Waals surface area contributed by atoms with Gasteiger partial charge in [-0.25, -0.2) is 0 Å². The van der Waals surface area contributed by atoms with Gasteiger partial charge >= 0.3 is 0 Å². The number of allylic oxidation sites excluding steroid dienone is 3. The topological polar surface area (TPSA) is 20.2 Å². The van der Waals surface area contributed by atoms with Crippen LogP contribution in [-0.2, 0) is 0 Å². The van der Waals surface area contributed by atoms with Crippen molar-refractivity contribution in [3.05, 3.63) is 36.0 Å². The normalized spacial score (nSPS) is 43.9. The average molecular weight is 397 g/mol. The Kier molecular flexibility index (Phi) is 5.69. The van der Waals surface area contributed by atoms with E-state index in [1.54, 1.807) is 5.57 Å². The van der Waals surface area contributed by atoms with Gasteiger partial charge in [-0.05, 0) is 105 Å². The first-order valence-corrected chi connectivity index (χ1v) is 12.4. The molecule has 1 N–H and O–H groups in total. The molecule has 7 atom stereocenters. The van der Waals surface area contributed by atoms with Crippen LogP contribution in [0.2, 0.25) is 0 Å². The molecule has 4 aliphatic rings. The molecule has 0 aromatic carbocycles. The third-order valence-electron chi connectivity index (χ3n) is 10.2. The van der Waals surface area contributed by atoms with Gasteiger partial charge in [0.1, 0.15) is 0 Å². The third kappa shape index (κ3) is 3.50. The molecule has 0 saturated heterocycles. The quantitative estimate of drug-likeness (QED) is 0.478. The summed E-state index contributed by atoms with van der Waals surface area (Å²) in [7, 11) is 0. The number of aliphatic hydroxyl groups is 1. The Labute approximate surface area is 179 Å². The maximum atomic E-state index is 10.2. The summed E-state index contributed by atoms with van der Waals surface area (Å²) in [5, 5.41) is 10.2. The largest absolute Gasteiger partial charge is 0.393 e. The highest BCUT2D eigenvalue weighted by molar-refractivity contribution is 5.26. The van der Waals surface area contributed by atoms with E-state index in [9.17, 15) is 5.11 Å². The summed E-state index contributed by atoms with van der Waals surface area (Å²) in [5.41, 5.74) is 5.29. The molecule has 3 saturated carbocycles. The molecule has 1 nitrogen and oxygen atoms in total. The molecule has 1 heteroatoms. The van der Waals surface area contributed by atoms with E-state index in [0.29, 0.717) is 22.7 Å². The van der Waals surface area contributed by atoms with Gasteiger partial charge in [0.2, 0.25) is 0 Å². The van der Waals surface area contributed by atoms with E-state index in [-0.39, 0.29) is 6.10 Å². The minimum atomic E-state index is -0.0977. The van der Waals surface area contributed by atoms with Crippen molar-refractivity contribution in [3.63, 3.8) is 0 Å². The van der Waals surface area contributed by atoms with E-state index in [1.165, 1.54) is 49.7 Å². The highest BCUT2D eigenvalue weighted by atomic mass is 16.3. The zero-order chi connectivity index (χ0) is 21.0. The molecule has 0 aromatic rings. The van der Waals surface area contributed by atoms with Crippen LogP contribution in [-0.4, -0.2) is 11.2 Å².